The summed E-state index contributed by atoms with van der Waals surface area (Å²) >= 11 is 15.1. The number of hydrogen-bond acceptors (Lipinski definition) is 3. The van der Waals surface area contributed by atoms with Crippen molar-refractivity contribution in [1.82, 2.24) is 9.97 Å². The molecule has 2 rings (SSSR count). The molecule has 0 radical (unpaired) electrons. The zero-order valence-electron chi connectivity index (χ0n) is 8.75. The highest BCUT2D eigenvalue weighted by molar-refractivity contribution is 9.10. The largest absolute Gasteiger partial charge is 0.496 e. The van der Waals surface area contributed by atoms with Crippen LogP contribution in [0, 0.1) is 0 Å². The van der Waals surface area contributed by atoms with Gasteiger partial charge in [0.05, 0.1) is 17.1 Å². The van der Waals surface area contributed by atoms with Crippen molar-refractivity contribution in [2.24, 2.45) is 0 Å². The van der Waals surface area contributed by atoms with Crippen LogP contribution in [0.3, 0.4) is 0 Å². The second-order valence-electron chi connectivity index (χ2n) is 3.18. The first-order valence-corrected chi connectivity index (χ1v) is 6.18. The molecule has 0 bridgehead atoms. The molecule has 0 N–H and O–H groups in total. The van der Waals surface area contributed by atoms with Gasteiger partial charge in [0.15, 0.2) is 5.82 Å². The summed E-state index contributed by atoms with van der Waals surface area (Å²) < 4.78 is 5.87. The number of hydrogen-bond donors (Lipinski definition) is 0. The maximum Gasteiger partial charge on any atom is 0.164 e. The third-order valence-corrected chi connectivity index (χ3v) is 3.44. The summed E-state index contributed by atoms with van der Waals surface area (Å²) in [7, 11) is 1.58. The van der Waals surface area contributed by atoms with Crippen LogP contribution < -0.4 is 4.74 Å². The van der Waals surface area contributed by atoms with E-state index in [0.29, 0.717) is 31.8 Å². The summed E-state index contributed by atoms with van der Waals surface area (Å²) in [5.74, 6) is 1.12. The molecule has 0 unspecified atom stereocenters. The van der Waals surface area contributed by atoms with Gasteiger partial charge >= 0.3 is 0 Å². The minimum Gasteiger partial charge on any atom is -0.496 e. The average Bonchev–Trinajstić information content (AvgIpc) is 2.32. The van der Waals surface area contributed by atoms with Gasteiger partial charge in [-0.2, -0.15) is 0 Å². The Morgan fingerprint density at radius 1 is 1.29 bits per heavy atom. The van der Waals surface area contributed by atoms with Gasteiger partial charge in [0.2, 0.25) is 0 Å². The van der Waals surface area contributed by atoms with E-state index < -0.39 is 0 Å². The fraction of sp³-hybridized carbons (Fsp3) is 0.0909. The number of rotatable bonds is 2. The first-order chi connectivity index (χ1) is 8.11. The smallest absolute Gasteiger partial charge is 0.164 e. The standard InChI is InChI=1S/C11H7BrCl2N2O/c1-17-9-3-2-6(13)4-7(9)11-15-5-8(12)10(14)16-11/h2-5H,1H3. The highest BCUT2D eigenvalue weighted by Crippen LogP contribution is 2.31. The predicted molar refractivity (Wildman–Crippen MR) is 71.7 cm³/mol. The third kappa shape index (κ3) is 2.70. The van der Waals surface area contributed by atoms with E-state index in [2.05, 4.69) is 25.9 Å². The summed E-state index contributed by atoms with van der Waals surface area (Å²) in [6, 6.07) is 5.24. The molecule has 0 aliphatic carbocycles. The van der Waals surface area contributed by atoms with Crippen LogP contribution in [0.1, 0.15) is 0 Å². The van der Waals surface area contributed by atoms with Crippen molar-refractivity contribution in [1.29, 1.82) is 0 Å². The first kappa shape index (κ1) is 12.6. The molecule has 0 saturated carbocycles. The number of nitrogens with zero attached hydrogens (tertiary/aromatic N) is 2. The molecule has 0 spiro atoms. The molecule has 0 aliphatic rings. The van der Waals surface area contributed by atoms with Crippen molar-refractivity contribution in [3.8, 4) is 17.1 Å². The Morgan fingerprint density at radius 3 is 2.71 bits per heavy atom. The molecule has 0 amide bonds. The quantitative estimate of drug-likeness (QED) is 0.772. The summed E-state index contributed by atoms with van der Waals surface area (Å²) in [5.41, 5.74) is 0.703. The van der Waals surface area contributed by atoms with Crippen LogP contribution in [0.5, 0.6) is 5.75 Å². The molecule has 1 aromatic carbocycles. The molecule has 6 heteroatoms. The van der Waals surface area contributed by atoms with Gasteiger partial charge in [0, 0.05) is 11.2 Å². The van der Waals surface area contributed by atoms with Gasteiger partial charge in [-0.25, -0.2) is 9.97 Å². The normalized spacial score (nSPS) is 10.4. The Morgan fingerprint density at radius 2 is 2.06 bits per heavy atom. The van der Waals surface area contributed by atoms with Gasteiger partial charge in [-0.15, -0.1) is 0 Å². The number of benzene rings is 1. The molecule has 0 fully saturated rings. The molecule has 1 aromatic heterocycles. The third-order valence-electron chi connectivity index (χ3n) is 2.10. The molecular weight excluding hydrogens is 327 g/mol. The summed E-state index contributed by atoms with van der Waals surface area (Å²) in [4.78, 5) is 8.34. The van der Waals surface area contributed by atoms with E-state index in [0.717, 1.165) is 0 Å². The second-order valence-corrected chi connectivity index (χ2v) is 4.83. The van der Waals surface area contributed by atoms with Crippen molar-refractivity contribution < 1.29 is 4.74 Å². The zero-order valence-corrected chi connectivity index (χ0v) is 11.8. The highest BCUT2D eigenvalue weighted by atomic mass is 79.9. The Hall–Kier alpha value is -0.840. The van der Waals surface area contributed by atoms with Gasteiger partial charge in [0.1, 0.15) is 10.9 Å². The average molecular weight is 334 g/mol. The van der Waals surface area contributed by atoms with Crippen LogP contribution in [-0.2, 0) is 0 Å². The summed E-state index contributed by atoms with van der Waals surface area (Å²) in [6.07, 6.45) is 1.59. The van der Waals surface area contributed by atoms with Crippen molar-refractivity contribution in [3.05, 3.63) is 39.0 Å². The zero-order chi connectivity index (χ0) is 12.4. The lowest BCUT2D eigenvalue weighted by Crippen LogP contribution is -1.93. The van der Waals surface area contributed by atoms with Crippen molar-refractivity contribution >= 4 is 39.1 Å². The molecule has 0 saturated heterocycles. The molecule has 0 atom stereocenters. The van der Waals surface area contributed by atoms with E-state index in [1.807, 2.05) is 0 Å². The first-order valence-electron chi connectivity index (χ1n) is 4.64. The lowest BCUT2D eigenvalue weighted by Gasteiger charge is -2.08. The Kier molecular flexibility index (Phi) is 3.86. The van der Waals surface area contributed by atoms with Crippen LogP contribution in [0.2, 0.25) is 10.2 Å². The van der Waals surface area contributed by atoms with Crippen LogP contribution in [0.25, 0.3) is 11.4 Å². The maximum absolute atomic E-state index is 5.94. The van der Waals surface area contributed by atoms with E-state index in [-0.39, 0.29) is 0 Å². The summed E-state index contributed by atoms with van der Waals surface area (Å²) in [6.45, 7) is 0. The van der Waals surface area contributed by atoms with E-state index in [1.165, 1.54) is 0 Å². The number of ether oxygens (including phenoxy) is 1. The van der Waals surface area contributed by atoms with E-state index in [4.69, 9.17) is 27.9 Å². The Balaban J connectivity index is 2.58. The Bertz CT molecular complexity index is 563. The minimum atomic E-state index is 0.344. The fourth-order valence-electron chi connectivity index (χ4n) is 1.33. The van der Waals surface area contributed by atoms with Crippen molar-refractivity contribution in [2.75, 3.05) is 7.11 Å². The van der Waals surface area contributed by atoms with E-state index in [1.54, 1.807) is 31.5 Å². The lowest BCUT2D eigenvalue weighted by molar-refractivity contribution is 0.416. The van der Waals surface area contributed by atoms with Gasteiger partial charge < -0.3 is 4.74 Å². The van der Waals surface area contributed by atoms with Crippen LogP contribution >= 0.6 is 39.1 Å². The lowest BCUT2D eigenvalue weighted by atomic mass is 10.2. The van der Waals surface area contributed by atoms with Crippen LogP contribution in [-0.4, -0.2) is 17.1 Å². The van der Waals surface area contributed by atoms with Gasteiger partial charge in [-0.3, -0.25) is 0 Å². The predicted octanol–water partition coefficient (Wildman–Crippen LogP) is 4.22. The summed E-state index contributed by atoms with van der Waals surface area (Å²) in [5, 5.41) is 0.931. The molecule has 2 aromatic rings. The number of methoxy groups -OCH3 is 1. The Labute approximate surface area is 117 Å². The monoisotopic (exact) mass is 332 g/mol. The van der Waals surface area contributed by atoms with E-state index in [9.17, 15) is 0 Å². The molecule has 3 nitrogen and oxygen atoms in total. The van der Waals surface area contributed by atoms with Crippen LogP contribution in [0.15, 0.2) is 28.9 Å². The van der Waals surface area contributed by atoms with Gasteiger partial charge in [0.25, 0.3) is 0 Å². The molecule has 17 heavy (non-hydrogen) atoms. The van der Waals surface area contributed by atoms with E-state index >= 15 is 0 Å². The van der Waals surface area contributed by atoms with Gasteiger partial charge in [-0.05, 0) is 34.1 Å². The minimum absolute atomic E-state index is 0.344. The maximum atomic E-state index is 5.94. The molecule has 88 valence electrons. The van der Waals surface area contributed by atoms with Crippen LogP contribution in [0.4, 0.5) is 0 Å². The number of halogens is 3. The molecular formula is C11H7BrCl2N2O. The second kappa shape index (κ2) is 5.21. The topological polar surface area (TPSA) is 35.0 Å². The van der Waals surface area contributed by atoms with Crippen molar-refractivity contribution in [2.45, 2.75) is 0 Å². The highest BCUT2D eigenvalue weighted by Gasteiger charge is 2.11. The number of aromatic nitrogens is 2. The molecule has 1 heterocycles. The fourth-order valence-corrected chi connectivity index (χ4v) is 1.82. The SMILES string of the molecule is COc1ccc(Cl)cc1-c1ncc(Br)c(Cl)n1. The van der Waals surface area contributed by atoms with Crippen molar-refractivity contribution in [3.63, 3.8) is 0 Å². The molecule has 0 aliphatic heterocycles. The van der Waals surface area contributed by atoms with Gasteiger partial charge in [-0.1, -0.05) is 23.2 Å².